The van der Waals surface area contributed by atoms with Crippen molar-refractivity contribution in [3.05, 3.63) is 42.0 Å². The molecule has 0 unspecified atom stereocenters. The second-order valence-corrected chi connectivity index (χ2v) is 7.10. The van der Waals surface area contributed by atoms with Crippen LogP contribution in [-0.2, 0) is 4.79 Å². The normalized spacial score (nSPS) is 23.1. The van der Waals surface area contributed by atoms with Gasteiger partial charge in [-0.15, -0.1) is 0 Å². The highest BCUT2D eigenvalue weighted by atomic mass is 16.5. The summed E-state index contributed by atoms with van der Waals surface area (Å²) in [5, 5.41) is 3.54. The predicted molar refractivity (Wildman–Crippen MR) is 109 cm³/mol. The Bertz CT molecular complexity index is 925. The summed E-state index contributed by atoms with van der Waals surface area (Å²) in [6.07, 6.45) is 3.04. The zero-order valence-electron chi connectivity index (χ0n) is 16.3. The summed E-state index contributed by atoms with van der Waals surface area (Å²) in [5.74, 6) is 1.77. The smallest absolute Gasteiger partial charge is 0.203 e. The number of nitrogens with one attached hydrogen (secondary N) is 1. The van der Waals surface area contributed by atoms with Gasteiger partial charge < -0.3 is 19.5 Å². The Morgan fingerprint density at radius 2 is 1.79 bits per heavy atom. The lowest BCUT2D eigenvalue weighted by atomic mass is 9.74. The zero-order valence-corrected chi connectivity index (χ0v) is 16.3. The van der Waals surface area contributed by atoms with Crippen LogP contribution in [-0.4, -0.2) is 39.4 Å². The van der Waals surface area contributed by atoms with Crippen molar-refractivity contribution in [1.29, 1.82) is 0 Å². The van der Waals surface area contributed by atoms with Gasteiger partial charge in [0, 0.05) is 24.2 Å². The minimum Gasteiger partial charge on any atom is -0.493 e. The third-order valence-electron chi connectivity index (χ3n) is 5.58. The zero-order chi connectivity index (χ0) is 19.7. The van der Waals surface area contributed by atoms with Crippen molar-refractivity contribution >= 4 is 23.4 Å². The van der Waals surface area contributed by atoms with Crippen molar-refractivity contribution in [2.24, 2.45) is 10.9 Å². The number of aliphatic imine (C=N–C) groups is 1. The molecule has 0 radical (unpaired) electrons. The third kappa shape index (κ3) is 3.09. The Labute approximate surface area is 164 Å². The minimum atomic E-state index is -0.227. The Hall–Kier alpha value is -3.02. The van der Waals surface area contributed by atoms with Gasteiger partial charge in [-0.05, 0) is 30.5 Å². The van der Waals surface area contributed by atoms with Crippen LogP contribution in [0.1, 0.15) is 24.3 Å². The highest BCUT2D eigenvalue weighted by molar-refractivity contribution is 5.99. The van der Waals surface area contributed by atoms with E-state index in [-0.39, 0.29) is 23.7 Å². The predicted octanol–water partition coefficient (Wildman–Crippen LogP) is 3.97. The van der Waals surface area contributed by atoms with Gasteiger partial charge in [0.2, 0.25) is 5.75 Å². The molecule has 28 heavy (non-hydrogen) atoms. The van der Waals surface area contributed by atoms with Gasteiger partial charge in [0.15, 0.2) is 11.5 Å². The summed E-state index contributed by atoms with van der Waals surface area (Å²) < 4.78 is 16.6. The van der Waals surface area contributed by atoms with Gasteiger partial charge in [-0.2, -0.15) is 0 Å². The van der Waals surface area contributed by atoms with Crippen LogP contribution < -0.4 is 19.5 Å². The molecule has 6 nitrogen and oxygen atoms in total. The van der Waals surface area contributed by atoms with E-state index in [2.05, 4.69) is 10.3 Å². The van der Waals surface area contributed by atoms with Crippen LogP contribution in [0.5, 0.6) is 17.2 Å². The van der Waals surface area contributed by atoms with Gasteiger partial charge in [0.05, 0.1) is 38.6 Å². The van der Waals surface area contributed by atoms with E-state index >= 15 is 0 Å². The van der Waals surface area contributed by atoms with E-state index in [0.717, 1.165) is 23.4 Å². The molecule has 2 aliphatic rings. The van der Waals surface area contributed by atoms with E-state index in [9.17, 15) is 4.79 Å². The van der Waals surface area contributed by atoms with Gasteiger partial charge in [-0.1, -0.05) is 18.2 Å². The van der Waals surface area contributed by atoms with Crippen LogP contribution in [0, 0.1) is 5.92 Å². The van der Waals surface area contributed by atoms with Gasteiger partial charge in [0.25, 0.3) is 0 Å². The first kappa shape index (κ1) is 18.3. The molecule has 0 bridgehead atoms. The van der Waals surface area contributed by atoms with E-state index in [4.69, 9.17) is 14.2 Å². The number of benzene rings is 2. The fraction of sp³-hybridized carbons (Fsp3) is 0.364. The molecule has 0 aromatic heterocycles. The number of rotatable bonds is 4. The molecule has 0 amide bonds. The van der Waals surface area contributed by atoms with E-state index in [0.29, 0.717) is 23.7 Å². The largest absolute Gasteiger partial charge is 0.493 e. The Morgan fingerprint density at radius 1 is 1.00 bits per heavy atom. The molecule has 0 saturated heterocycles. The molecule has 1 saturated carbocycles. The van der Waals surface area contributed by atoms with E-state index < -0.39 is 0 Å². The molecule has 0 spiro atoms. The van der Waals surface area contributed by atoms with E-state index in [1.165, 1.54) is 0 Å². The van der Waals surface area contributed by atoms with Gasteiger partial charge in [-0.25, -0.2) is 0 Å². The topological polar surface area (TPSA) is 69.2 Å². The summed E-state index contributed by atoms with van der Waals surface area (Å²) in [6.45, 7) is 0. The minimum absolute atomic E-state index is 0.0172. The number of carbonyl (C=O) groups is 1. The second kappa shape index (κ2) is 7.54. The Kier molecular flexibility index (Phi) is 4.94. The van der Waals surface area contributed by atoms with Crippen LogP contribution in [0.3, 0.4) is 0 Å². The molecule has 4 rings (SSSR count). The number of hydrogen-bond acceptors (Lipinski definition) is 6. The van der Waals surface area contributed by atoms with E-state index in [1.54, 1.807) is 27.5 Å². The number of Topliss-reactive ketones (excluding diaryl/α,β-unsaturated/α-hetero) is 1. The molecule has 1 N–H and O–H groups in total. The number of fused-ring (bicyclic) bond motifs is 2. The van der Waals surface area contributed by atoms with Gasteiger partial charge >= 0.3 is 0 Å². The first-order valence-corrected chi connectivity index (χ1v) is 9.37. The molecular formula is C22H24N2O4. The molecule has 3 atom stereocenters. The number of nitrogens with zero attached hydrogens (tertiary/aromatic N) is 1. The molecule has 1 aliphatic heterocycles. The molecule has 2 aromatic rings. The van der Waals surface area contributed by atoms with Crippen molar-refractivity contribution in [3.63, 3.8) is 0 Å². The lowest BCUT2D eigenvalue weighted by Gasteiger charge is -2.34. The van der Waals surface area contributed by atoms with Crippen LogP contribution in [0.2, 0.25) is 0 Å². The summed E-state index contributed by atoms with van der Waals surface area (Å²) in [7, 11) is 4.80. The maximum absolute atomic E-state index is 13.0. The third-order valence-corrected chi connectivity index (χ3v) is 5.58. The molecule has 146 valence electrons. The lowest BCUT2D eigenvalue weighted by Crippen LogP contribution is -2.41. The molecule has 6 heteroatoms. The summed E-state index contributed by atoms with van der Waals surface area (Å²) in [6, 6.07) is 11.7. The summed E-state index contributed by atoms with van der Waals surface area (Å²) in [4.78, 5) is 17.5. The van der Waals surface area contributed by atoms with E-state index in [1.807, 2.05) is 36.4 Å². The maximum Gasteiger partial charge on any atom is 0.203 e. The summed E-state index contributed by atoms with van der Waals surface area (Å²) >= 11 is 0. The van der Waals surface area contributed by atoms with Crippen molar-refractivity contribution in [2.75, 3.05) is 26.6 Å². The lowest BCUT2D eigenvalue weighted by molar-refractivity contribution is -0.123. The number of para-hydroxylation sites is 2. The van der Waals surface area contributed by atoms with Crippen LogP contribution in [0.4, 0.5) is 11.4 Å². The van der Waals surface area contributed by atoms with Crippen LogP contribution >= 0.6 is 0 Å². The molecule has 2 aromatic carbocycles. The van der Waals surface area contributed by atoms with Gasteiger partial charge in [-0.3, -0.25) is 9.79 Å². The number of hydrogen-bond donors (Lipinski definition) is 1. The second-order valence-electron chi connectivity index (χ2n) is 7.10. The molecule has 1 fully saturated rings. The highest BCUT2D eigenvalue weighted by Gasteiger charge is 2.39. The average molecular weight is 380 g/mol. The first-order chi connectivity index (χ1) is 13.7. The fourth-order valence-electron chi connectivity index (χ4n) is 4.23. The van der Waals surface area contributed by atoms with Crippen molar-refractivity contribution in [3.8, 4) is 17.2 Å². The Balaban J connectivity index is 1.69. The Morgan fingerprint density at radius 3 is 2.54 bits per heavy atom. The number of methoxy groups -OCH3 is 3. The van der Waals surface area contributed by atoms with Crippen molar-refractivity contribution in [2.45, 2.75) is 24.8 Å². The number of anilines is 1. The number of ketones is 1. The molecule has 1 heterocycles. The van der Waals surface area contributed by atoms with Crippen molar-refractivity contribution < 1.29 is 19.0 Å². The van der Waals surface area contributed by atoms with Crippen LogP contribution in [0.25, 0.3) is 0 Å². The first-order valence-electron chi connectivity index (χ1n) is 9.37. The summed E-state index contributed by atoms with van der Waals surface area (Å²) in [5.41, 5.74) is 2.78. The maximum atomic E-state index is 13.0. The number of carbonyl (C=O) groups excluding carboxylic acids is 1. The SMILES string of the molecule is COc1ccc([C@@H]2CC(=O)[C@H]3C=Nc4ccccc4N[C@@H]3C2)c(OC)c1OC. The molecular weight excluding hydrogens is 356 g/mol. The molecule has 1 aliphatic carbocycles. The van der Waals surface area contributed by atoms with Crippen molar-refractivity contribution in [1.82, 2.24) is 0 Å². The van der Waals surface area contributed by atoms with Gasteiger partial charge in [0.1, 0.15) is 5.78 Å². The quantitative estimate of drug-likeness (QED) is 0.869. The van der Waals surface area contributed by atoms with Crippen LogP contribution in [0.15, 0.2) is 41.4 Å². The monoisotopic (exact) mass is 380 g/mol. The highest BCUT2D eigenvalue weighted by Crippen LogP contribution is 2.47. The average Bonchev–Trinajstić information content (AvgIpc) is 2.91. The fourth-order valence-corrected chi connectivity index (χ4v) is 4.23. The number of ether oxygens (including phenoxy) is 3. The standard InChI is InChI=1S/C22H24N2O4/c1-26-20-9-8-14(21(27-2)22(20)28-3)13-10-18-15(19(25)11-13)12-23-16-6-4-5-7-17(16)24-18/h4-9,12-13,15,18,24H,10-11H2,1-3H3/t13-,15-,18+/m0/s1.